The molecule has 0 saturated carbocycles. The number of hydrogen-bond acceptors (Lipinski definition) is 8. The summed E-state index contributed by atoms with van der Waals surface area (Å²) in [4.78, 5) is -0.698. The van der Waals surface area contributed by atoms with Crippen LogP contribution in [0.25, 0.3) is 10.8 Å². The summed E-state index contributed by atoms with van der Waals surface area (Å²) in [7, 11) is -4.82. The van der Waals surface area contributed by atoms with Gasteiger partial charge in [0.2, 0.25) is 0 Å². The molecule has 2 N–H and O–H groups in total. The van der Waals surface area contributed by atoms with Crippen LogP contribution in [-0.4, -0.2) is 18.4 Å². The maximum atomic E-state index is 12.2. The van der Waals surface area contributed by atoms with Crippen LogP contribution in [0.15, 0.2) is 63.7 Å². The largest absolute Gasteiger partial charge is 3.00 e. The van der Waals surface area contributed by atoms with Crippen LogP contribution >= 0.6 is 0 Å². The Morgan fingerprint density at radius 3 is 2.07 bits per heavy atom. The summed E-state index contributed by atoms with van der Waals surface area (Å²) >= 11 is 0. The predicted molar refractivity (Wildman–Crippen MR) is 84.5 cm³/mol. The van der Waals surface area contributed by atoms with Gasteiger partial charge in [0, 0.05) is 5.39 Å². The van der Waals surface area contributed by atoms with E-state index in [9.17, 15) is 28.3 Å². The molecule has 28 heavy (non-hydrogen) atoms. The van der Waals surface area contributed by atoms with Gasteiger partial charge >= 0.3 is 46.9 Å². The van der Waals surface area contributed by atoms with E-state index < -0.39 is 32.3 Å². The summed E-state index contributed by atoms with van der Waals surface area (Å²) in [5.41, 5.74) is -0.356. The third-order valence-corrected chi connectivity index (χ3v) is 4.22. The van der Waals surface area contributed by atoms with Crippen molar-refractivity contribution in [1.82, 2.24) is 0 Å². The van der Waals surface area contributed by atoms with Crippen molar-refractivity contribution in [2.45, 2.75) is 4.90 Å². The topological polar surface area (TPSA) is 183 Å². The van der Waals surface area contributed by atoms with Crippen molar-refractivity contribution in [1.29, 1.82) is 0 Å². The maximum absolute atomic E-state index is 12.2. The third kappa shape index (κ3) is 5.44. The number of fused-ring (bicyclic) bond motifs is 1. The molecule has 0 unspecified atom stereocenters. The fraction of sp³-hybridized carbons (Fsp3) is 0. The van der Waals surface area contributed by atoms with Gasteiger partial charge in [-0.15, -0.1) is 0 Å². The van der Waals surface area contributed by atoms with Crippen molar-refractivity contribution in [2.75, 3.05) is 0 Å². The van der Waals surface area contributed by atoms with E-state index in [4.69, 9.17) is 0 Å². The van der Waals surface area contributed by atoms with E-state index in [0.29, 0.717) is 6.07 Å². The Hall–Kier alpha value is -1.68. The molecule has 0 bridgehead atoms. The van der Waals surface area contributed by atoms with Crippen molar-refractivity contribution >= 4 is 32.3 Å². The molecule has 0 heterocycles. The molecular formula is C16H10CrN2NaO7S. The van der Waals surface area contributed by atoms with E-state index in [0.717, 1.165) is 12.1 Å². The third-order valence-electron chi connectivity index (χ3n) is 3.40. The second kappa shape index (κ2) is 10.2. The molecule has 9 nitrogen and oxygen atoms in total. The molecule has 0 spiro atoms. The van der Waals surface area contributed by atoms with E-state index >= 15 is 0 Å². The summed E-state index contributed by atoms with van der Waals surface area (Å²) < 4.78 is 33.3. The first-order valence-electron chi connectivity index (χ1n) is 6.86. The molecule has 0 aliphatic rings. The zero-order valence-corrected chi connectivity index (χ0v) is 18.4. The molecule has 0 aliphatic heterocycles. The fourth-order valence-corrected chi connectivity index (χ4v) is 2.77. The quantitative estimate of drug-likeness (QED) is 0.243. The molecule has 3 aromatic rings. The minimum Gasteiger partial charge on any atom is -0.872 e. The van der Waals surface area contributed by atoms with Gasteiger partial charge in [0.1, 0.15) is 10.1 Å². The average Bonchev–Trinajstić information content (AvgIpc) is 2.54. The Bertz CT molecular complexity index is 1120. The SMILES string of the molecule is O.O=S(=O)([O-])c1cc([O-])c2c(N=Nc3ccccc3[O-])c([O-])ccc2c1.[Cr+3].[Na+]. The van der Waals surface area contributed by atoms with E-state index in [1.807, 2.05) is 0 Å². The zero-order chi connectivity index (χ0) is 18.2. The van der Waals surface area contributed by atoms with Gasteiger partial charge in [0.05, 0.1) is 16.3 Å². The van der Waals surface area contributed by atoms with Gasteiger partial charge in [-0.1, -0.05) is 53.6 Å². The predicted octanol–water partition coefficient (Wildman–Crippen LogP) is -2.44. The summed E-state index contributed by atoms with van der Waals surface area (Å²) in [5.74, 6) is -1.90. The number of nitrogens with zero attached hydrogens (tertiary/aromatic N) is 2. The number of para-hydroxylation sites is 1. The molecule has 1 radical (unpaired) electrons. The molecule has 3 aromatic carbocycles. The minimum atomic E-state index is -4.82. The molecule has 3 rings (SSSR count). The summed E-state index contributed by atoms with van der Waals surface area (Å²) in [6, 6.07) is 9.63. The van der Waals surface area contributed by atoms with Crippen molar-refractivity contribution in [3.05, 3.63) is 48.5 Å². The van der Waals surface area contributed by atoms with Gasteiger partial charge in [0.25, 0.3) is 0 Å². The molecule has 0 atom stereocenters. The number of rotatable bonds is 3. The molecule has 0 aliphatic carbocycles. The Balaban J connectivity index is 0.00000243. The van der Waals surface area contributed by atoms with Gasteiger partial charge in [-0.05, 0) is 17.5 Å². The summed E-state index contributed by atoms with van der Waals surface area (Å²) in [6.07, 6.45) is 0. The number of benzene rings is 3. The van der Waals surface area contributed by atoms with E-state index in [2.05, 4.69) is 10.2 Å². The van der Waals surface area contributed by atoms with Crippen LogP contribution in [0.5, 0.6) is 17.2 Å². The number of hydrogen-bond donors (Lipinski definition) is 0. The van der Waals surface area contributed by atoms with Gasteiger partial charge in [-0.25, -0.2) is 8.42 Å². The van der Waals surface area contributed by atoms with Gasteiger partial charge in [-0.2, -0.15) is 10.2 Å². The van der Waals surface area contributed by atoms with E-state index in [1.165, 1.54) is 24.3 Å². The van der Waals surface area contributed by atoms with Crippen molar-refractivity contribution < 1.29 is 80.7 Å². The molecule has 12 heteroatoms. The Morgan fingerprint density at radius 2 is 1.46 bits per heavy atom. The van der Waals surface area contributed by atoms with Crippen molar-refractivity contribution in [3.63, 3.8) is 0 Å². The van der Waals surface area contributed by atoms with Gasteiger partial charge in [-0.3, -0.25) is 0 Å². The first-order chi connectivity index (χ1) is 11.8. The van der Waals surface area contributed by atoms with Crippen molar-refractivity contribution in [3.8, 4) is 17.2 Å². The van der Waals surface area contributed by atoms with E-state index in [-0.39, 0.29) is 74.5 Å². The summed E-state index contributed by atoms with van der Waals surface area (Å²) in [6.45, 7) is 0. The molecule has 0 saturated heterocycles. The monoisotopic (exact) mass is 449 g/mol. The molecule has 0 aromatic heterocycles. The van der Waals surface area contributed by atoms with Crippen LogP contribution in [0.1, 0.15) is 0 Å². The van der Waals surface area contributed by atoms with Crippen LogP contribution in [0.2, 0.25) is 0 Å². The van der Waals surface area contributed by atoms with Gasteiger partial charge < -0.3 is 25.3 Å². The van der Waals surface area contributed by atoms with Crippen LogP contribution in [0.4, 0.5) is 11.4 Å². The fourth-order valence-electron chi connectivity index (χ4n) is 2.25. The maximum Gasteiger partial charge on any atom is 3.00 e. The van der Waals surface area contributed by atoms with Crippen LogP contribution in [0, 0.1) is 0 Å². The van der Waals surface area contributed by atoms with Crippen LogP contribution in [0.3, 0.4) is 0 Å². The van der Waals surface area contributed by atoms with Gasteiger partial charge in [0.15, 0.2) is 0 Å². The minimum absolute atomic E-state index is 0. The van der Waals surface area contributed by atoms with Crippen molar-refractivity contribution in [2.24, 2.45) is 10.2 Å². The summed E-state index contributed by atoms with van der Waals surface area (Å²) in [5, 5.41) is 43.1. The average molecular weight is 449 g/mol. The first kappa shape index (κ1) is 26.3. The molecule has 0 fully saturated rings. The molecule has 0 amide bonds. The van der Waals surface area contributed by atoms with Crippen LogP contribution < -0.4 is 44.9 Å². The Kier molecular flexibility index (Phi) is 9.59. The number of azo groups is 1. The first-order valence-corrected chi connectivity index (χ1v) is 8.26. The van der Waals surface area contributed by atoms with Crippen LogP contribution in [-0.2, 0) is 27.5 Å². The molecule has 139 valence electrons. The van der Waals surface area contributed by atoms with E-state index in [1.54, 1.807) is 6.07 Å². The smallest absolute Gasteiger partial charge is 0.872 e. The standard InChI is InChI=1S/C16H12N2O6S.Cr.Na.H2O/c19-12-4-2-1-3-11(12)17-18-16-13(20)6-5-9-7-10(25(22,23)24)8-14(21)15(9)16;;;/h1-8,19-21H,(H,22,23,24);;;1H2/q;+3;+1;/p-4. The molecular weight excluding hydrogens is 439 g/mol. The second-order valence-corrected chi connectivity index (χ2v) is 6.43. The second-order valence-electron chi connectivity index (χ2n) is 5.05. The Morgan fingerprint density at radius 1 is 0.821 bits per heavy atom. The Labute approximate surface area is 192 Å². The normalized spacial score (nSPS) is 10.8. The zero-order valence-electron chi connectivity index (χ0n) is 14.3.